The SMILES string of the molecule is CN(CC1CCC1)C1(CN)CCCCCCCCCCC1. The summed E-state index contributed by atoms with van der Waals surface area (Å²) in [7, 11) is 2.36. The molecular weight excluding hydrogens is 256 g/mol. The van der Waals surface area contributed by atoms with Crippen molar-refractivity contribution in [1.82, 2.24) is 4.90 Å². The fourth-order valence-electron chi connectivity index (χ4n) is 4.27. The molecule has 21 heavy (non-hydrogen) atoms. The smallest absolute Gasteiger partial charge is 0.0328 e. The van der Waals surface area contributed by atoms with Gasteiger partial charge in [0.25, 0.3) is 0 Å². The topological polar surface area (TPSA) is 29.3 Å². The van der Waals surface area contributed by atoms with E-state index >= 15 is 0 Å². The van der Waals surface area contributed by atoms with Gasteiger partial charge in [0, 0.05) is 18.6 Å². The van der Waals surface area contributed by atoms with Gasteiger partial charge in [-0.1, -0.05) is 64.2 Å². The zero-order valence-corrected chi connectivity index (χ0v) is 14.4. The summed E-state index contributed by atoms with van der Waals surface area (Å²) in [5.74, 6) is 0.958. The highest BCUT2D eigenvalue weighted by atomic mass is 15.2. The van der Waals surface area contributed by atoms with Gasteiger partial charge in [-0.2, -0.15) is 0 Å². The molecule has 0 saturated heterocycles. The molecule has 0 bridgehead atoms. The third kappa shape index (κ3) is 5.25. The number of likely N-dealkylation sites (N-methyl/N-ethyl adjacent to an activating group) is 1. The van der Waals surface area contributed by atoms with E-state index in [-0.39, 0.29) is 0 Å². The maximum atomic E-state index is 6.31. The Bertz CT molecular complexity index is 261. The van der Waals surface area contributed by atoms with E-state index in [0.29, 0.717) is 5.54 Å². The normalized spacial score (nSPS) is 25.9. The van der Waals surface area contributed by atoms with Crippen LogP contribution in [0.5, 0.6) is 0 Å². The molecule has 0 spiro atoms. The summed E-state index contributed by atoms with van der Waals surface area (Å²) >= 11 is 0. The van der Waals surface area contributed by atoms with Gasteiger partial charge in [0.05, 0.1) is 0 Å². The van der Waals surface area contributed by atoms with E-state index in [2.05, 4.69) is 11.9 Å². The van der Waals surface area contributed by atoms with Crippen LogP contribution in [0.4, 0.5) is 0 Å². The van der Waals surface area contributed by atoms with Crippen LogP contribution in [0.2, 0.25) is 0 Å². The van der Waals surface area contributed by atoms with Crippen LogP contribution in [0.25, 0.3) is 0 Å². The van der Waals surface area contributed by atoms with E-state index in [1.165, 1.54) is 96.4 Å². The van der Waals surface area contributed by atoms with Crippen molar-refractivity contribution >= 4 is 0 Å². The number of rotatable bonds is 4. The molecule has 2 nitrogen and oxygen atoms in total. The Balaban J connectivity index is 1.91. The van der Waals surface area contributed by atoms with Gasteiger partial charge in [-0.15, -0.1) is 0 Å². The third-order valence-electron chi connectivity index (χ3n) is 6.23. The van der Waals surface area contributed by atoms with Crippen LogP contribution in [0.1, 0.15) is 89.9 Å². The van der Waals surface area contributed by atoms with Crippen LogP contribution in [-0.2, 0) is 0 Å². The summed E-state index contributed by atoms with van der Waals surface area (Å²) in [6, 6.07) is 0. The lowest BCUT2D eigenvalue weighted by molar-refractivity contribution is 0.0650. The van der Waals surface area contributed by atoms with Gasteiger partial charge in [0.1, 0.15) is 0 Å². The summed E-state index contributed by atoms with van der Waals surface area (Å²) in [5.41, 5.74) is 6.61. The van der Waals surface area contributed by atoms with Gasteiger partial charge in [0.15, 0.2) is 0 Å². The molecule has 2 fully saturated rings. The first-order chi connectivity index (χ1) is 10.3. The molecule has 0 aliphatic heterocycles. The highest BCUT2D eigenvalue weighted by Crippen LogP contribution is 2.33. The minimum absolute atomic E-state index is 0.300. The van der Waals surface area contributed by atoms with Crippen LogP contribution in [0.3, 0.4) is 0 Å². The van der Waals surface area contributed by atoms with Crippen molar-refractivity contribution in [2.24, 2.45) is 11.7 Å². The quantitative estimate of drug-likeness (QED) is 0.813. The van der Waals surface area contributed by atoms with E-state index < -0.39 is 0 Å². The second-order valence-corrected chi connectivity index (χ2v) is 7.79. The molecule has 0 radical (unpaired) electrons. The van der Waals surface area contributed by atoms with Gasteiger partial charge in [-0.05, 0) is 38.6 Å². The lowest BCUT2D eigenvalue weighted by Crippen LogP contribution is -2.54. The molecule has 2 N–H and O–H groups in total. The van der Waals surface area contributed by atoms with Gasteiger partial charge in [-0.25, -0.2) is 0 Å². The molecule has 0 heterocycles. The molecule has 2 rings (SSSR count). The number of nitrogens with two attached hydrogens (primary N) is 1. The summed E-state index contributed by atoms with van der Waals surface area (Å²) < 4.78 is 0. The highest BCUT2D eigenvalue weighted by molar-refractivity contribution is 4.92. The van der Waals surface area contributed by atoms with Crippen LogP contribution in [-0.4, -0.2) is 30.6 Å². The maximum absolute atomic E-state index is 6.31. The molecular formula is C19H38N2. The summed E-state index contributed by atoms with van der Waals surface area (Å²) in [6.45, 7) is 2.15. The predicted molar refractivity (Wildman–Crippen MR) is 92.5 cm³/mol. The minimum atomic E-state index is 0.300. The van der Waals surface area contributed by atoms with E-state index in [0.717, 1.165) is 12.5 Å². The van der Waals surface area contributed by atoms with Gasteiger partial charge in [0.2, 0.25) is 0 Å². The minimum Gasteiger partial charge on any atom is -0.329 e. The van der Waals surface area contributed by atoms with E-state index in [1.807, 2.05) is 0 Å². The van der Waals surface area contributed by atoms with Crippen LogP contribution < -0.4 is 5.73 Å². The Morgan fingerprint density at radius 2 is 1.29 bits per heavy atom. The third-order valence-corrected chi connectivity index (χ3v) is 6.23. The molecule has 2 aliphatic rings. The molecule has 0 atom stereocenters. The number of hydrogen-bond acceptors (Lipinski definition) is 2. The fourth-order valence-corrected chi connectivity index (χ4v) is 4.27. The second-order valence-electron chi connectivity index (χ2n) is 7.79. The van der Waals surface area contributed by atoms with Crippen molar-refractivity contribution in [2.45, 2.75) is 95.4 Å². The Morgan fingerprint density at radius 1 is 0.810 bits per heavy atom. The predicted octanol–water partition coefficient (Wildman–Crippen LogP) is 4.72. The molecule has 2 aliphatic carbocycles. The molecule has 2 saturated carbocycles. The first kappa shape index (κ1) is 17.3. The first-order valence-corrected chi connectivity index (χ1v) is 9.68. The zero-order chi connectivity index (χ0) is 15.0. The lowest BCUT2D eigenvalue weighted by atomic mass is 9.80. The molecule has 2 heteroatoms. The molecule has 0 aromatic carbocycles. The van der Waals surface area contributed by atoms with Crippen molar-refractivity contribution < 1.29 is 0 Å². The highest BCUT2D eigenvalue weighted by Gasteiger charge is 2.34. The Kier molecular flexibility index (Phi) is 7.53. The van der Waals surface area contributed by atoms with Crippen molar-refractivity contribution in [3.8, 4) is 0 Å². The van der Waals surface area contributed by atoms with Crippen molar-refractivity contribution in [3.63, 3.8) is 0 Å². The van der Waals surface area contributed by atoms with Gasteiger partial charge >= 0.3 is 0 Å². The van der Waals surface area contributed by atoms with Crippen molar-refractivity contribution in [2.75, 3.05) is 20.1 Å². The summed E-state index contributed by atoms with van der Waals surface area (Å²) in [5, 5.41) is 0. The zero-order valence-electron chi connectivity index (χ0n) is 14.4. The van der Waals surface area contributed by atoms with Crippen molar-refractivity contribution in [3.05, 3.63) is 0 Å². The molecule has 0 aromatic rings. The lowest BCUT2D eigenvalue weighted by Gasteiger charge is -2.45. The second kappa shape index (κ2) is 9.15. The summed E-state index contributed by atoms with van der Waals surface area (Å²) in [4.78, 5) is 2.67. The molecule has 0 unspecified atom stereocenters. The van der Waals surface area contributed by atoms with E-state index in [4.69, 9.17) is 5.73 Å². The average molecular weight is 295 g/mol. The standard InChI is InChI=1S/C19H38N2/c1-21(16-18-12-11-13-18)19(17-20)14-9-7-5-3-2-4-6-8-10-15-19/h18H,2-17,20H2,1H3. The monoisotopic (exact) mass is 294 g/mol. The molecule has 0 aromatic heterocycles. The Labute approximate surface area is 132 Å². The largest absolute Gasteiger partial charge is 0.329 e. The maximum Gasteiger partial charge on any atom is 0.0328 e. The molecule has 0 amide bonds. The molecule has 124 valence electrons. The number of hydrogen-bond donors (Lipinski definition) is 1. The fraction of sp³-hybridized carbons (Fsp3) is 1.00. The average Bonchev–Trinajstić information content (AvgIpc) is 2.44. The van der Waals surface area contributed by atoms with Gasteiger partial charge < -0.3 is 5.73 Å². The van der Waals surface area contributed by atoms with Gasteiger partial charge in [-0.3, -0.25) is 4.90 Å². The van der Waals surface area contributed by atoms with Crippen LogP contribution in [0.15, 0.2) is 0 Å². The van der Waals surface area contributed by atoms with Crippen LogP contribution in [0, 0.1) is 5.92 Å². The Morgan fingerprint density at radius 3 is 1.67 bits per heavy atom. The van der Waals surface area contributed by atoms with Crippen molar-refractivity contribution in [1.29, 1.82) is 0 Å². The number of nitrogens with zero attached hydrogens (tertiary/aromatic N) is 1. The van der Waals surface area contributed by atoms with E-state index in [9.17, 15) is 0 Å². The first-order valence-electron chi connectivity index (χ1n) is 9.68. The van der Waals surface area contributed by atoms with Crippen LogP contribution >= 0.6 is 0 Å². The summed E-state index contributed by atoms with van der Waals surface area (Å²) in [6.07, 6.45) is 19.8. The van der Waals surface area contributed by atoms with E-state index in [1.54, 1.807) is 0 Å². The Hall–Kier alpha value is -0.0800.